The Morgan fingerprint density at radius 2 is 1.69 bits per heavy atom. The highest BCUT2D eigenvalue weighted by atomic mass is 16.5. The molecule has 35 heavy (non-hydrogen) atoms. The van der Waals surface area contributed by atoms with Crippen molar-refractivity contribution >= 4 is 23.5 Å². The van der Waals surface area contributed by atoms with Crippen molar-refractivity contribution < 1.29 is 33.0 Å². The summed E-state index contributed by atoms with van der Waals surface area (Å²) in [5.41, 5.74) is 1.07. The number of esters is 1. The highest BCUT2D eigenvalue weighted by molar-refractivity contribution is 6.07. The SMILES string of the molecule is CCCC(NC(=O)COC(=O)c1cc(OC)c(OC)cc1NC(=O)c1ccco1)c1ccccc1. The minimum atomic E-state index is -0.817. The average molecular weight is 481 g/mol. The van der Waals surface area contributed by atoms with Gasteiger partial charge in [0, 0.05) is 12.1 Å². The van der Waals surface area contributed by atoms with Crippen molar-refractivity contribution in [2.75, 3.05) is 26.1 Å². The lowest BCUT2D eigenvalue weighted by molar-refractivity contribution is -0.125. The largest absolute Gasteiger partial charge is 0.493 e. The van der Waals surface area contributed by atoms with Crippen LogP contribution in [0.25, 0.3) is 0 Å². The fourth-order valence-corrected chi connectivity index (χ4v) is 3.48. The van der Waals surface area contributed by atoms with Gasteiger partial charge in [-0.2, -0.15) is 0 Å². The first-order valence-corrected chi connectivity index (χ1v) is 11.1. The lowest BCUT2D eigenvalue weighted by Gasteiger charge is -2.19. The molecule has 0 aliphatic carbocycles. The summed E-state index contributed by atoms with van der Waals surface area (Å²) >= 11 is 0. The Bertz CT molecular complexity index is 1140. The molecule has 0 saturated carbocycles. The lowest BCUT2D eigenvalue weighted by atomic mass is 10.0. The van der Waals surface area contributed by atoms with Gasteiger partial charge in [0.05, 0.1) is 37.8 Å². The van der Waals surface area contributed by atoms with Gasteiger partial charge in [0.25, 0.3) is 11.8 Å². The van der Waals surface area contributed by atoms with Crippen LogP contribution in [0.5, 0.6) is 11.5 Å². The summed E-state index contributed by atoms with van der Waals surface area (Å²) in [6, 6.07) is 15.2. The fraction of sp³-hybridized carbons (Fsp3) is 0.269. The summed E-state index contributed by atoms with van der Waals surface area (Å²) in [7, 11) is 2.84. The summed E-state index contributed by atoms with van der Waals surface area (Å²) in [5.74, 6) is -1.22. The first kappa shape index (κ1) is 25.4. The molecule has 9 nitrogen and oxygen atoms in total. The standard InChI is InChI=1S/C26H28N2O7/c1-4-9-19(17-10-6-5-7-11-17)27-24(29)16-35-26(31)18-14-22(32-2)23(33-3)15-20(18)28-25(30)21-12-8-13-34-21/h5-8,10-15,19H,4,9,16H2,1-3H3,(H,27,29)(H,28,30). The van der Waals surface area contributed by atoms with Crippen LogP contribution in [-0.2, 0) is 9.53 Å². The number of hydrogen-bond donors (Lipinski definition) is 2. The number of carbonyl (C=O) groups excluding carboxylic acids is 3. The highest BCUT2D eigenvalue weighted by Gasteiger charge is 2.22. The molecule has 0 spiro atoms. The maximum atomic E-state index is 12.9. The Morgan fingerprint density at radius 1 is 0.971 bits per heavy atom. The van der Waals surface area contributed by atoms with E-state index in [0.29, 0.717) is 5.75 Å². The van der Waals surface area contributed by atoms with Gasteiger partial charge in [-0.25, -0.2) is 4.79 Å². The highest BCUT2D eigenvalue weighted by Crippen LogP contribution is 2.34. The molecule has 0 aliphatic rings. The fourth-order valence-electron chi connectivity index (χ4n) is 3.48. The maximum absolute atomic E-state index is 12.9. The first-order chi connectivity index (χ1) is 17.0. The molecular formula is C26H28N2O7. The Morgan fingerprint density at radius 3 is 2.31 bits per heavy atom. The third kappa shape index (κ3) is 6.63. The van der Waals surface area contributed by atoms with E-state index < -0.39 is 24.4 Å². The predicted molar refractivity (Wildman–Crippen MR) is 129 cm³/mol. The molecule has 0 bridgehead atoms. The molecule has 3 aromatic rings. The minimum absolute atomic E-state index is 0.0106. The molecule has 9 heteroatoms. The second-order valence-electron chi connectivity index (χ2n) is 7.58. The van der Waals surface area contributed by atoms with Crippen LogP contribution in [-0.4, -0.2) is 38.6 Å². The third-order valence-electron chi connectivity index (χ3n) is 5.19. The smallest absolute Gasteiger partial charge is 0.340 e. The van der Waals surface area contributed by atoms with E-state index in [1.54, 1.807) is 6.07 Å². The van der Waals surface area contributed by atoms with E-state index in [-0.39, 0.29) is 28.8 Å². The molecule has 0 aliphatic heterocycles. The van der Waals surface area contributed by atoms with Crippen molar-refractivity contribution in [2.24, 2.45) is 0 Å². The second kappa shape index (κ2) is 12.3. The van der Waals surface area contributed by atoms with Gasteiger partial charge in [-0.15, -0.1) is 0 Å². The zero-order valence-electron chi connectivity index (χ0n) is 19.8. The van der Waals surface area contributed by atoms with E-state index in [9.17, 15) is 14.4 Å². The van der Waals surface area contributed by atoms with E-state index >= 15 is 0 Å². The molecule has 0 radical (unpaired) electrons. The normalized spacial score (nSPS) is 11.3. The summed E-state index contributed by atoms with van der Waals surface area (Å²) in [4.78, 5) is 38.0. The van der Waals surface area contributed by atoms with Gasteiger partial charge in [-0.3, -0.25) is 9.59 Å². The molecule has 2 N–H and O–H groups in total. The molecular weight excluding hydrogens is 452 g/mol. The Kier molecular flexibility index (Phi) is 8.89. The van der Waals surface area contributed by atoms with Crippen LogP contribution in [0.1, 0.15) is 52.3 Å². The number of furan rings is 1. The Balaban J connectivity index is 1.74. The quantitative estimate of drug-likeness (QED) is 0.392. The van der Waals surface area contributed by atoms with Gasteiger partial charge < -0.3 is 29.3 Å². The molecule has 1 atom stereocenters. The molecule has 2 aromatic carbocycles. The van der Waals surface area contributed by atoms with E-state index in [1.807, 2.05) is 37.3 Å². The molecule has 184 valence electrons. The number of anilines is 1. The Hall–Kier alpha value is -4.27. The number of nitrogens with one attached hydrogen (secondary N) is 2. The van der Waals surface area contributed by atoms with E-state index in [1.165, 1.54) is 38.7 Å². The van der Waals surface area contributed by atoms with Crippen molar-refractivity contribution in [3.05, 3.63) is 77.7 Å². The topological polar surface area (TPSA) is 116 Å². The number of ether oxygens (including phenoxy) is 3. The lowest BCUT2D eigenvalue weighted by Crippen LogP contribution is -2.32. The van der Waals surface area contributed by atoms with Crippen molar-refractivity contribution in [3.63, 3.8) is 0 Å². The van der Waals surface area contributed by atoms with Crippen LogP contribution in [0.15, 0.2) is 65.3 Å². The van der Waals surface area contributed by atoms with E-state index in [0.717, 1.165) is 18.4 Å². The van der Waals surface area contributed by atoms with Gasteiger partial charge in [0.2, 0.25) is 0 Å². The van der Waals surface area contributed by atoms with E-state index in [4.69, 9.17) is 18.6 Å². The summed E-state index contributed by atoms with van der Waals surface area (Å²) in [5, 5.41) is 5.51. The Labute approximate surface area is 203 Å². The van der Waals surface area contributed by atoms with Crippen LogP contribution < -0.4 is 20.1 Å². The molecule has 0 fully saturated rings. The number of benzene rings is 2. The van der Waals surface area contributed by atoms with Crippen molar-refractivity contribution in [3.8, 4) is 11.5 Å². The van der Waals surface area contributed by atoms with Crippen molar-refractivity contribution in [1.82, 2.24) is 5.32 Å². The molecule has 1 aromatic heterocycles. The molecule has 0 saturated heterocycles. The van der Waals surface area contributed by atoms with Crippen molar-refractivity contribution in [2.45, 2.75) is 25.8 Å². The molecule has 1 unspecified atom stereocenters. The minimum Gasteiger partial charge on any atom is -0.493 e. The van der Waals surface area contributed by atoms with Gasteiger partial charge in [-0.1, -0.05) is 43.7 Å². The van der Waals surface area contributed by atoms with Crippen LogP contribution in [0.4, 0.5) is 5.69 Å². The van der Waals surface area contributed by atoms with Gasteiger partial charge >= 0.3 is 5.97 Å². The zero-order chi connectivity index (χ0) is 25.2. The van der Waals surface area contributed by atoms with E-state index in [2.05, 4.69) is 10.6 Å². The monoisotopic (exact) mass is 480 g/mol. The number of hydrogen-bond acceptors (Lipinski definition) is 7. The molecule has 2 amide bonds. The number of amides is 2. The maximum Gasteiger partial charge on any atom is 0.340 e. The second-order valence-corrected chi connectivity index (χ2v) is 7.58. The molecule has 3 rings (SSSR count). The molecule has 1 heterocycles. The summed E-state index contributed by atoms with van der Waals surface area (Å²) in [6.45, 7) is 1.53. The predicted octanol–water partition coefficient (Wildman–Crippen LogP) is 4.36. The number of rotatable bonds is 11. The number of carbonyl (C=O) groups is 3. The van der Waals surface area contributed by atoms with Gasteiger partial charge in [0.1, 0.15) is 0 Å². The summed E-state index contributed by atoms with van der Waals surface area (Å²) < 4.78 is 20.9. The number of methoxy groups -OCH3 is 2. The van der Waals surface area contributed by atoms with Crippen LogP contribution in [0.3, 0.4) is 0 Å². The van der Waals surface area contributed by atoms with Crippen LogP contribution in [0.2, 0.25) is 0 Å². The van der Waals surface area contributed by atoms with Gasteiger partial charge in [0.15, 0.2) is 23.9 Å². The third-order valence-corrected chi connectivity index (χ3v) is 5.19. The first-order valence-electron chi connectivity index (χ1n) is 11.1. The van der Waals surface area contributed by atoms with Crippen molar-refractivity contribution in [1.29, 1.82) is 0 Å². The van der Waals surface area contributed by atoms with Crippen LogP contribution >= 0.6 is 0 Å². The van der Waals surface area contributed by atoms with Gasteiger partial charge in [-0.05, 0) is 24.1 Å². The summed E-state index contributed by atoms with van der Waals surface area (Å²) in [6.07, 6.45) is 2.96. The average Bonchev–Trinajstić information content (AvgIpc) is 3.42. The zero-order valence-corrected chi connectivity index (χ0v) is 19.8. The van der Waals surface area contributed by atoms with Crippen LogP contribution in [0, 0.1) is 0 Å².